The van der Waals surface area contributed by atoms with Crippen molar-refractivity contribution in [1.82, 2.24) is 0 Å². The second-order valence-electron chi connectivity index (χ2n) is 5.11. The highest BCUT2D eigenvalue weighted by Crippen LogP contribution is 2.08. The Labute approximate surface area is 171 Å². The van der Waals surface area contributed by atoms with E-state index in [9.17, 15) is 9.59 Å². The Morgan fingerprint density at radius 1 is 0.467 bits per heavy atom. The van der Waals surface area contributed by atoms with Crippen LogP contribution in [0, 0.1) is 0 Å². The van der Waals surface area contributed by atoms with Crippen LogP contribution in [0.5, 0.6) is 11.5 Å². The van der Waals surface area contributed by atoms with Gasteiger partial charge in [0.25, 0.3) is 0 Å². The van der Waals surface area contributed by atoms with Gasteiger partial charge in [-0.05, 0) is 36.4 Å². The Balaban J connectivity index is 0.000000403. The van der Waals surface area contributed by atoms with Gasteiger partial charge in [0.05, 0.1) is 11.1 Å². The molecule has 0 bridgehead atoms. The zero-order valence-electron chi connectivity index (χ0n) is 15.5. The summed E-state index contributed by atoms with van der Waals surface area (Å²) in [5, 5.41) is 48.3. The molecule has 0 aliphatic heterocycles. The number of carbonyl (C=O) groups is 3. The minimum absolute atomic E-state index is 0.190. The second-order valence-corrected chi connectivity index (χ2v) is 5.11. The minimum Gasteiger partial charge on any atom is -0.508 e. The highest BCUT2D eigenvalue weighted by molar-refractivity contribution is 6.01. The smallest absolute Gasteiger partial charge is 0.503 e. The van der Waals surface area contributed by atoms with Crippen molar-refractivity contribution in [2.45, 2.75) is 0 Å². The normalized spacial score (nSPS) is 8.53. The molecule has 0 aromatic heterocycles. The average Bonchev–Trinajstić information content (AvgIpc) is 2.70. The van der Waals surface area contributed by atoms with Crippen LogP contribution < -0.4 is 0 Å². The number of phenolic OH excluding ortho intramolecular Hbond substituents is 2. The number of phenols is 2. The Kier molecular flexibility index (Phi) is 12.3. The zero-order valence-corrected chi connectivity index (χ0v) is 15.5. The highest BCUT2D eigenvalue weighted by Gasteiger charge is 2.13. The van der Waals surface area contributed by atoms with Crippen molar-refractivity contribution in [2.75, 3.05) is 0 Å². The van der Waals surface area contributed by atoms with Crippen LogP contribution in [0.3, 0.4) is 0 Å². The fourth-order valence-corrected chi connectivity index (χ4v) is 1.71. The summed E-state index contributed by atoms with van der Waals surface area (Å²) in [4.78, 5) is 29.5. The van der Waals surface area contributed by atoms with Crippen molar-refractivity contribution in [3.8, 4) is 11.5 Å². The maximum Gasteiger partial charge on any atom is 0.503 e. The molecule has 0 spiro atoms. The molecule has 0 aliphatic carbocycles. The first-order chi connectivity index (χ1) is 14.1. The quantitative estimate of drug-likeness (QED) is 0.360. The Hall–Kier alpha value is -4.53. The predicted octanol–water partition coefficient (Wildman–Crippen LogP) is 4.09. The Morgan fingerprint density at radius 3 is 0.867 bits per heavy atom. The van der Waals surface area contributed by atoms with Gasteiger partial charge >= 0.3 is 18.1 Å². The lowest BCUT2D eigenvalue weighted by Gasteiger charge is -1.98. The molecule has 3 aromatic carbocycles. The van der Waals surface area contributed by atoms with Gasteiger partial charge in [-0.2, -0.15) is 0 Å². The van der Waals surface area contributed by atoms with Crippen molar-refractivity contribution < 1.29 is 45.0 Å². The van der Waals surface area contributed by atoms with Gasteiger partial charge in [-0.1, -0.05) is 48.5 Å². The molecule has 0 atom stereocenters. The molecule has 0 radical (unpaired) electrons. The summed E-state index contributed by atoms with van der Waals surface area (Å²) in [5.41, 5.74) is -0.380. The summed E-state index contributed by atoms with van der Waals surface area (Å²) in [7, 11) is 0. The Morgan fingerprint density at radius 2 is 0.700 bits per heavy atom. The summed E-state index contributed by atoms with van der Waals surface area (Å²) in [5.74, 6) is -1.81. The molecule has 3 aromatic rings. The van der Waals surface area contributed by atoms with Crippen LogP contribution in [-0.4, -0.2) is 48.7 Å². The van der Waals surface area contributed by atoms with E-state index in [0.29, 0.717) is 11.5 Å². The van der Waals surface area contributed by atoms with Crippen LogP contribution in [0.4, 0.5) is 4.79 Å². The van der Waals surface area contributed by atoms with Gasteiger partial charge in [0.15, 0.2) is 0 Å². The average molecular weight is 416 g/mol. The number of aromatic carboxylic acids is 2. The lowest BCUT2D eigenvalue weighted by Crippen LogP contribution is -2.06. The van der Waals surface area contributed by atoms with E-state index in [0.717, 1.165) is 0 Å². The van der Waals surface area contributed by atoms with E-state index in [1.165, 1.54) is 24.3 Å². The number of hydrogen-bond donors (Lipinski definition) is 6. The topological polar surface area (TPSA) is 173 Å². The van der Waals surface area contributed by atoms with E-state index in [1.807, 2.05) is 12.1 Å². The van der Waals surface area contributed by atoms with Gasteiger partial charge < -0.3 is 30.6 Å². The molecule has 0 fully saturated rings. The van der Waals surface area contributed by atoms with Gasteiger partial charge in [-0.15, -0.1) is 0 Å². The van der Waals surface area contributed by atoms with Crippen LogP contribution in [0.15, 0.2) is 84.9 Å². The molecule has 0 heterocycles. The third kappa shape index (κ3) is 12.8. The van der Waals surface area contributed by atoms with E-state index in [2.05, 4.69) is 0 Å². The first-order valence-corrected chi connectivity index (χ1v) is 8.10. The molecular weight excluding hydrogens is 396 g/mol. The highest BCUT2D eigenvalue weighted by atomic mass is 16.6. The van der Waals surface area contributed by atoms with Crippen molar-refractivity contribution in [3.05, 3.63) is 96.1 Å². The van der Waals surface area contributed by atoms with Gasteiger partial charge in [-0.25, -0.2) is 14.4 Å². The molecule has 9 heteroatoms. The first kappa shape index (κ1) is 25.5. The standard InChI is InChI=1S/C8H6O4.2C6H6O.CH2O3/c9-7(10)5-3-1-2-4-6(5)8(11)12;2*7-6-4-2-1-3-5-6;2-1(3)4/h1-4H,(H,9,10)(H,11,12);2*1-5,7H;(H2,2,3,4). The largest absolute Gasteiger partial charge is 0.508 e. The fourth-order valence-electron chi connectivity index (χ4n) is 1.71. The molecule has 6 N–H and O–H groups in total. The summed E-state index contributed by atoms with van der Waals surface area (Å²) in [6.07, 6.45) is -1.83. The summed E-state index contributed by atoms with van der Waals surface area (Å²) in [6, 6.07) is 22.9. The number of rotatable bonds is 2. The third-order valence-corrected chi connectivity index (χ3v) is 2.90. The molecule has 0 unspecified atom stereocenters. The lowest BCUT2D eigenvalue weighted by molar-refractivity contribution is 0.0651. The predicted molar refractivity (Wildman–Crippen MR) is 107 cm³/mol. The van der Waals surface area contributed by atoms with Gasteiger partial charge in [-0.3, -0.25) is 0 Å². The maximum atomic E-state index is 10.5. The molecule has 0 saturated heterocycles. The maximum absolute atomic E-state index is 10.5. The van der Waals surface area contributed by atoms with Crippen molar-refractivity contribution in [1.29, 1.82) is 0 Å². The van der Waals surface area contributed by atoms with Crippen LogP contribution in [0.25, 0.3) is 0 Å². The number of aromatic hydroxyl groups is 2. The van der Waals surface area contributed by atoms with Crippen LogP contribution >= 0.6 is 0 Å². The first-order valence-electron chi connectivity index (χ1n) is 8.10. The van der Waals surface area contributed by atoms with Crippen LogP contribution in [0.1, 0.15) is 20.7 Å². The van der Waals surface area contributed by atoms with E-state index in [1.54, 1.807) is 48.5 Å². The molecule has 3 rings (SSSR count). The second kappa shape index (κ2) is 14.5. The van der Waals surface area contributed by atoms with Crippen molar-refractivity contribution in [3.63, 3.8) is 0 Å². The molecular formula is C21H20O9. The Bertz CT molecular complexity index is 836. The van der Waals surface area contributed by atoms with Gasteiger partial charge in [0, 0.05) is 0 Å². The van der Waals surface area contributed by atoms with E-state index in [4.69, 9.17) is 35.4 Å². The van der Waals surface area contributed by atoms with Crippen LogP contribution in [0.2, 0.25) is 0 Å². The van der Waals surface area contributed by atoms with E-state index < -0.39 is 18.1 Å². The number of carboxylic acid groups (broad SMARTS) is 4. The SMILES string of the molecule is O=C(O)O.O=C(O)c1ccccc1C(=O)O.Oc1ccccc1.Oc1ccccc1. The van der Waals surface area contributed by atoms with Gasteiger partial charge in [0.2, 0.25) is 0 Å². The fraction of sp³-hybridized carbons (Fsp3) is 0. The molecule has 158 valence electrons. The lowest BCUT2D eigenvalue weighted by atomic mass is 10.1. The number of carboxylic acids is 2. The summed E-state index contributed by atoms with van der Waals surface area (Å²) >= 11 is 0. The van der Waals surface area contributed by atoms with E-state index >= 15 is 0 Å². The molecule has 0 aliphatic rings. The monoisotopic (exact) mass is 416 g/mol. The molecule has 30 heavy (non-hydrogen) atoms. The number of para-hydroxylation sites is 2. The number of hydrogen-bond acceptors (Lipinski definition) is 5. The van der Waals surface area contributed by atoms with Crippen molar-refractivity contribution >= 4 is 18.1 Å². The van der Waals surface area contributed by atoms with Crippen LogP contribution in [-0.2, 0) is 0 Å². The summed E-state index contributed by atoms with van der Waals surface area (Å²) in [6.45, 7) is 0. The van der Waals surface area contributed by atoms with E-state index in [-0.39, 0.29) is 11.1 Å². The number of benzene rings is 3. The van der Waals surface area contributed by atoms with Gasteiger partial charge in [0.1, 0.15) is 11.5 Å². The molecule has 0 saturated carbocycles. The summed E-state index contributed by atoms with van der Waals surface area (Å²) < 4.78 is 0. The molecule has 9 nitrogen and oxygen atoms in total. The zero-order chi connectivity index (χ0) is 22.9. The minimum atomic E-state index is -1.83. The third-order valence-electron chi connectivity index (χ3n) is 2.90. The molecule has 0 amide bonds. The van der Waals surface area contributed by atoms with Crippen molar-refractivity contribution in [2.24, 2.45) is 0 Å².